The topological polar surface area (TPSA) is 103 Å². The standard InChI is InChI=1S/C21H26N4O4S/c1-2-30(28,29)24-13-11-17-16(14-24)20(26)23-19(22-17)18-10-6-7-12-25(18)21(27)15-8-4-3-5-9-15/h3-5,8-9,18H,2,6-7,10-14H2,1H3,(H,22,23,26). The van der Waals surface area contributed by atoms with E-state index in [2.05, 4.69) is 4.98 Å². The summed E-state index contributed by atoms with van der Waals surface area (Å²) in [7, 11) is -3.36. The van der Waals surface area contributed by atoms with Crippen LogP contribution in [0.15, 0.2) is 35.1 Å². The molecule has 160 valence electrons. The minimum absolute atomic E-state index is 0.00435. The van der Waals surface area contributed by atoms with Gasteiger partial charge in [-0.1, -0.05) is 18.2 Å². The van der Waals surface area contributed by atoms with Crippen LogP contribution in [0.5, 0.6) is 0 Å². The van der Waals surface area contributed by atoms with Crippen LogP contribution in [0.2, 0.25) is 0 Å². The fourth-order valence-electron chi connectivity index (χ4n) is 4.20. The van der Waals surface area contributed by atoms with Crippen LogP contribution in [0, 0.1) is 0 Å². The highest BCUT2D eigenvalue weighted by Crippen LogP contribution is 2.30. The molecule has 9 heteroatoms. The van der Waals surface area contributed by atoms with Crippen LogP contribution in [0.25, 0.3) is 0 Å². The molecule has 4 rings (SSSR count). The number of benzene rings is 1. The quantitative estimate of drug-likeness (QED) is 0.797. The zero-order valence-corrected chi connectivity index (χ0v) is 17.8. The third-order valence-corrected chi connectivity index (χ3v) is 7.74. The molecule has 0 bridgehead atoms. The van der Waals surface area contributed by atoms with Crippen LogP contribution >= 0.6 is 0 Å². The molecule has 0 aliphatic carbocycles. The lowest BCUT2D eigenvalue weighted by molar-refractivity contribution is 0.0599. The number of carbonyl (C=O) groups excluding carboxylic acids is 1. The molecule has 3 heterocycles. The van der Waals surface area contributed by atoms with E-state index >= 15 is 0 Å². The van der Waals surface area contributed by atoms with Gasteiger partial charge in [0.05, 0.1) is 23.1 Å². The lowest BCUT2D eigenvalue weighted by Crippen LogP contribution is -2.43. The minimum Gasteiger partial charge on any atom is -0.328 e. The highest BCUT2D eigenvalue weighted by molar-refractivity contribution is 7.89. The van der Waals surface area contributed by atoms with Crippen LogP contribution in [-0.2, 0) is 23.0 Å². The van der Waals surface area contributed by atoms with Gasteiger partial charge in [-0.15, -0.1) is 0 Å². The highest BCUT2D eigenvalue weighted by atomic mass is 32.2. The van der Waals surface area contributed by atoms with E-state index in [0.717, 1.165) is 19.3 Å². The Bertz CT molecular complexity index is 1100. The Morgan fingerprint density at radius 2 is 1.97 bits per heavy atom. The van der Waals surface area contributed by atoms with E-state index in [1.165, 1.54) is 4.31 Å². The maximum atomic E-state index is 13.1. The first-order valence-corrected chi connectivity index (χ1v) is 12.0. The Morgan fingerprint density at radius 1 is 1.20 bits per heavy atom. The molecule has 0 saturated carbocycles. The number of nitrogens with zero attached hydrogens (tertiary/aromatic N) is 3. The van der Waals surface area contributed by atoms with Crippen molar-refractivity contribution in [1.82, 2.24) is 19.2 Å². The van der Waals surface area contributed by atoms with Crippen LogP contribution in [0.3, 0.4) is 0 Å². The van der Waals surface area contributed by atoms with Crippen molar-refractivity contribution in [3.8, 4) is 0 Å². The monoisotopic (exact) mass is 430 g/mol. The van der Waals surface area contributed by atoms with Gasteiger partial charge in [0, 0.05) is 31.6 Å². The summed E-state index contributed by atoms with van der Waals surface area (Å²) < 4.78 is 25.7. The summed E-state index contributed by atoms with van der Waals surface area (Å²) in [6, 6.07) is 8.83. The summed E-state index contributed by atoms with van der Waals surface area (Å²) in [6.45, 7) is 2.57. The van der Waals surface area contributed by atoms with E-state index in [1.807, 2.05) is 18.2 Å². The van der Waals surface area contributed by atoms with Gasteiger partial charge in [0.25, 0.3) is 11.5 Å². The Morgan fingerprint density at radius 3 is 2.70 bits per heavy atom. The average molecular weight is 431 g/mol. The van der Waals surface area contributed by atoms with Crippen molar-refractivity contribution >= 4 is 15.9 Å². The van der Waals surface area contributed by atoms with Gasteiger partial charge in [0.15, 0.2) is 0 Å². The van der Waals surface area contributed by atoms with Crippen LogP contribution in [0.1, 0.15) is 59.7 Å². The van der Waals surface area contributed by atoms with E-state index in [0.29, 0.717) is 42.2 Å². The molecule has 1 N–H and O–H groups in total. The molecule has 1 atom stereocenters. The number of likely N-dealkylation sites (tertiary alicyclic amines) is 1. The second-order valence-electron chi connectivity index (χ2n) is 7.74. The Kier molecular flexibility index (Phi) is 5.75. The molecule has 30 heavy (non-hydrogen) atoms. The lowest BCUT2D eigenvalue weighted by atomic mass is 9.99. The van der Waals surface area contributed by atoms with Gasteiger partial charge in [-0.25, -0.2) is 13.4 Å². The van der Waals surface area contributed by atoms with Gasteiger partial charge in [0.1, 0.15) is 5.82 Å². The maximum absolute atomic E-state index is 13.1. The predicted molar refractivity (Wildman–Crippen MR) is 113 cm³/mol. The first-order valence-electron chi connectivity index (χ1n) is 10.4. The first kappa shape index (κ1) is 20.7. The van der Waals surface area contributed by atoms with Crippen molar-refractivity contribution in [2.24, 2.45) is 0 Å². The highest BCUT2D eigenvalue weighted by Gasteiger charge is 2.33. The predicted octanol–water partition coefficient (Wildman–Crippen LogP) is 1.85. The van der Waals surface area contributed by atoms with Crippen molar-refractivity contribution in [2.45, 2.75) is 45.2 Å². The fraction of sp³-hybridized carbons (Fsp3) is 0.476. The number of rotatable bonds is 4. The largest absolute Gasteiger partial charge is 0.328 e. The third kappa shape index (κ3) is 3.91. The molecule has 0 radical (unpaired) electrons. The molecule has 1 aromatic heterocycles. The number of hydrogen-bond acceptors (Lipinski definition) is 5. The van der Waals surface area contributed by atoms with E-state index < -0.39 is 10.0 Å². The Hall–Kier alpha value is -2.52. The average Bonchev–Trinajstić information content (AvgIpc) is 2.79. The Labute approximate surface area is 176 Å². The summed E-state index contributed by atoms with van der Waals surface area (Å²) in [5.41, 5.74) is 1.33. The number of aromatic nitrogens is 2. The van der Waals surface area contributed by atoms with E-state index in [9.17, 15) is 18.0 Å². The molecule has 1 amide bonds. The Balaban J connectivity index is 1.65. The number of carbonyl (C=O) groups is 1. The molecule has 1 aromatic carbocycles. The summed E-state index contributed by atoms with van der Waals surface area (Å²) >= 11 is 0. The number of hydrogen-bond donors (Lipinski definition) is 1. The zero-order chi connectivity index (χ0) is 21.3. The second-order valence-corrected chi connectivity index (χ2v) is 9.99. The van der Waals surface area contributed by atoms with Gasteiger partial charge >= 0.3 is 0 Å². The van der Waals surface area contributed by atoms with E-state index in [-0.39, 0.29) is 29.8 Å². The van der Waals surface area contributed by atoms with Crippen LogP contribution < -0.4 is 5.56 Å². The number of sulfonamides is 1. The molecule has 1 unspecified atom stereocenters. The van der Waals surface area contributed by atoms with Gasteiger partial charge in [0.2, 0.25) is 10.0 Å². The van der Waals surface area contributed by atoms with E-state index in [1.54, 1.807) is 24.0 Å². The van der Waals surface area contributed by atoms with Crippen LogP contribution in [-0.4, -0.2) is 52.3 Å². The molecule has 0 spiro atoms. The molecular formula is C21H26N4O4S. The molecule has 1 saturated heterocycles. The SMILES string of the molecule is CCS(=O)(=O)N1CCc2nc(C3CCCCN3C(=O)c3ccccc3)[nH]c(=O)c2C1. The van der Waals surface area contributed by atoms with Gasteiger partial charge in [-0.2, -0.15) is 4.31 Å². The number of fused-ring (bicyclic) bond motifs is 1. The summed E-state index contributed by atoms with van der Waals surface area (Å²) in [4.78, 5) is 35.2. The third-order valence-electron chi connectivity index (χ3n) is 5.91. The number of piperidine rings is 1. The van der Waals surface area contributed by atoms with Crippen molar-refractivity contribution in [2.75, 3.05) is 18.8 Å². The first-order chi connectivity index (χ1) is 14.4. The number of H-pyrrole nitrogens is 1. The van der Waals surface area contributed by atoms with Crippen molar-refractivity contribution < 1.29 is 13.2 Å². The molecular weight excluding hydrogens is 404 g/mol. The molecule has 2 aromatic rings. The second kappa shape index (κ2) is 8.31. The minimum atomic E-state index is -3.36. The molecule has 2 aliphatic heterocycles. The summed E-state index contributed by atoms with van der Waals surface area (Å²) in [6.07, 6.45) is 2.99. The molecule has 2 aliphatic rings. The number of aromatic amines is 1. The summed E-state index contributed by atoms with van der Waals surface area (Å²) in [5.74, 6) is 0.431. The smallest absolute Gasteiger partial charge is 0.255 e. The van der Waals surface area contributed by atoms with Crippen LogP contribution in [0.4, 0.5) is 0 Å². The van der Waals surface area contributed by atoms with Crippen molar-refractivity contribution in [1.29, 1.82) is 0 Å². The fourth-order valence-corrected chi connectivity index (χ4v) is 5.26. The van der Waals surface area contributed by atoms with Gasteiger partial charge < -0.3 is 9.88 Å². The van der Waals surface area contributed by atoms with Gasteiger partial charge in [-0.3, -0.25) is 9.59 Å². The maximum Gasteiger partial charge on any atom is 0.255 e. The molecule has 8 nitrogen and oxygen atoms in total. The van der Waals surface area contributed by atoms with Crippen molar-refractivity contribution in [3.05, 3.63) is 63.3 Å². The lowest BCUT2D eigenvalue weighted by Gasteiger charge is -2.35. The van der Waals surface area contributed by atoms with E-state index in [4.69, 9.17) is 4.98 Å². The van der Waals surface area contributed by atoms with Gasteiger partial charge in [-0.05, 0) is 38.3 Å². The molecule has 1 fully saturated rings. The summed E-state index contributed by atoms with van der Waals surface area (Å²) in [5, 5.41) is 0. The zero-order valence-electron chi connectivity index (χ0n) is 17.0. The normalized spacial score (nSPS) is 20.0. The van der Waals surface area contributed by atoms with Crippen molar-refractivity contribution in [3.63, 3.8) is 0 Å². The number of nitrogens with one attached hydrogen (secondary N) is 1. The number of amides is 1.